The highest BCUT2D eigenvalue weighted by molar-refractivity contribution is 8.00. The van der Waals surface area contributed by atoms with Crippen molar-refractivity contribution in [2.24, 2.45) is 10.9 Å². The lowest BCUT2D eigenvalue weighted by Crippen LogP contribution is -2.68. The summed E-state index contributed by atoms with van der Waals surface area (Å²) in [5.41, 5.74) is 5.99. The molecule has 2 aliphatic rings. The SMILES string of the molecule is CO/N=C/C1=C(C(=O)O)N2C(=O)C(N)[C@H]2SC1. The number of β-lactam (4-membered cyclic amide) rings is 1. The highest BCUT2D eigenvalue weighted by Gasteiger charge is 2.51. The predicted molar refractivity (Wildman–Crippen MR) is 61.2 cm³/mol. The Bertz CT molecular complexity index is 434. The Kier molecular flexibility index (Phi) is 3.07. The summed E-state index contributed by atoms with van der Waals surface area (Å²) in [6.07, 6.45) is 1.31. The first-order chi connectivity index (χ1) is 8.07. The molecule has 3 N–H and O–H groups in total. The Labute approximate surface area is 101 Å². The van der Waals surface area contributed by atoms with E-state index >= 15 is 0 Å². The number of fused-ring (bicyclic) bond motifs is 1. The van der Waals surface area contributed by atoms with E-state index in [9.17, 15) is 9.59 Å². The van der Waals surface area contributed by atoms with Crippen LogP contribution in [-0.2, 0) is 14.4 Å². The van der Waals surface area contributed by atoms with Crippen LogP contribution in [0.1, 0.15) is 0 Å². The smallest absolute Gasteiger partial charge is 0.353 e. The van der Waals surface area contributed by atoms with Gasteiger partial charge in [0.15, 0.2) is 0 Å². The van der Waals surface area contributed by atoms with Gasteiger partial charge in [-0.05, 0) is 0 Å². The van der Waals surface area contributed by atoms with Crippen LogP contribution in [0.2, 0.25) is 0 Å². The van der Waals surface area contributed by atoms with Gasteiger partial charge in [0, 0.05) is 11.3 Å². The average molecular weight is 257 g/mol. The summed E-state index contributed by atoms with van der Waals surface area (Å²) in [5.74, 6) is -1.09. The lowest BCUT2D eigenvalue weighted by Gasteiger charge is -2.47. The Morgan fingerprint density at radius 2 is 2.47 bits per heavy atom. The van der Waals surface area contributed by atoms with E-state index in [0.717, 1.165) is 0 Å². The normalized spacial score (nSPS) is 28.1. The van der Waals surface area contributed by atoms with Gasteiger partial charge in [-0.25, -0.2) is 4.79 Å². The topological polar surface area (TPSA) is 105 Å². The zero-order valence-corrected chi connectivity index (χ0v) is 9.81. The average Bonchev–Trinajstić information content (AvgIpc) is 2.33. The van der Waals surface area contributed by atoms with Crippen LogP contribution in [0, 0.1) is 0 Å². The van der Waals surface area contributed by atoms with E-state index in [0.29, 0.717) is 11.3 Å². The molecule has 0 aromatic rings. The number of carbonyl (C=O) groups excluding carboxylic acids is 1. The van der Waals surface area contributed by atoms with Crippen molar-refractivity contribution in [1.82, 2.24) is 4.90 Å². The molecule has 17 heavy (non-hydrogen) atoms. The number of nitrogens with zero attached hydrogens (tertiary/aromatic N) is 2. The number of hydrogen-bond acceptors (Lipinski definition) is 6. The summed E-state index contributed by atoms with van der Waals surface area (Å²) in [4.78, 5) is 28.4. The minimum absolute atomic E-state index is 0.0544. The monoisotopic (exact) mass is 257 g/mol. The molecule has 0 radical (unpaired) electrons. The van der Waals surface area contributed by atoms with Gasteiger partial charge in [-0.15, -0.1) is 11.8 Å². The van der Waals surface area contributed by atoms with E-state index < -0.39 is 12.0 Å². The van der Waals surface area contributed by atoms with Crippen LogP contribution in [0.4, 0.5) is 0 Å². The summed E-state index contributed by atoms with van der Waals surface area (Å²) in [6, 6.07) is -0.615. The quantitative estimate of drug-likeness (QED) is 0.389. The van der Waals surface area contributed by atoms with Crippen molar-refractivity contribution in [2.75, 3.05) is 12.9 Å². The Morgan fingerprint density at radius 1 is 1.76 bits per heavy atom. The zero-order chi connectivity index (χ0) is 12.6. The number of nitrogens with two attached hydrogens (primary N) is 1. The molecule has 7 nitrogen and oxygen atoms in total. The van der Waals surface area contributed by atoms with Crippen molar-refractivity contribution in [1.29, 1.82) is 0 Å². The van der Waals surface area contributed by atoms with Gasteiger partial charge in [-0.3, -0.25) is 9.69 Å². The van der Waals surface area contributed by atoms with Crippen molar-refractivity contribution in [3.63, 3.8) is 0 Å². The first-order valence-electron chi connectivity index (χ1n) is 4.81. The van der Waals surface area contributed by atoms with Gasteiger partial charge in [0.1, 0.15) is 24.2 Å². The number of rotatable bonds is 3. The van der Waals surface area contributed by atoms with Gasteiger partial charge >= 0.3 is 5.97 Å². The third-order valence-corrected chi connectivity index (χ3v) is 3.88. The Hall–Kier alpha value is -1.54. The fourth-order valence-corrected chi connectivity index (χ4v) is 3.00. The van der Waals surface area contributed by atoms with Crippen LogP contribution in [0.25, 0.3) is 0 Å². The van der Waals surface area contributed by atoms with Crippen LogP contribution in [0.15, 0.2) is 16.4 Å². The minimum atomic E-state index is -1.16. The molecule has 2 rings (SSSR count). The summed E-state index contributed by atoms with van der Waals surface area (Å²) >= 11 is 1.42. The lowest BCUT2D eigenvalue weighted by molar-refractivity contribution is -0.147. The molecular weight excluding hydrogens is 246 g/mol. The molecule has 1 amide bonds. The molecule has 2 atom stereocenters. The first-order valence-corrected chi connectivity index (χ1v) is 5.86. The van der Waals surface area contributed by atoms with E-state index in [1.165, 1.54) is 30.0 Å². The predicted octanol–water partition coefficient (Wildman–Crippen LogP) is -0.800. The molecule has 1 fully saturated rings. The molecular formula is C9H11N3O4S. The third-order valence-electron chi connectivity index (χ3n) is 2.56. The highest BCUT2D eigenvalue weighted by atomic mass is 32.2. The number of carbonyl (C=O) groups is 2. The molecule has 1 saturated heterocycles. The van der Waals surface area contributed by atoms with E-state index in [4.69, 9.17) is 10.8 Å². The Balaban J connectivity index is 2.36. The number of carboxylic acids is 1. The summed E-state index contributed by atoms with van der Waals surface area (Å²) in [7, 11) is 1.36. The van der Waals surface area contributed by atoms with Crippen molar-refractivity contribution in [3.8, 4) is 0 Å². The van der Waals surface area contributed by atoms with Crippen molar-refractivity contribution in [3.05, 3.63) is 11.3 Å². The number of carboxylic acid groups (broad SMARTS) is 1. The number of amides is 1. The first kappa shape index (κ1) is 11.9. The van der Waals surface area contributed by atoms with Gasteiger partial charge in [-0.2, -0.15) is 0 Å². The molecule has 92 valence electrons. The standard InChI is InChI=1S/C9H11N3O4S/c1-16-11-2-4-3-17-8-5(10)7(13)12(8)6(4)9(14)15/h2,5,8H,3,10H2,1H3,(H,14,15)/b11-2+/t5?,8-/m1/s1. The lowest BCUT2D eigenvalue weighted by atomic mass is 10.0. The van der Waals surface area contributed by atoms with E-state index in [2.05, 4.69) is 9.99 Å². The minimum Gasteiger partial charge on any atom is -0.477 e. The van der Waals surface area contributed by atoms with Gasteiger partial charge in [0.05, 0.1) is 6.21 Å². The number of hydrogen-bond donors (Lipinski definition) is 2. The van der Waals surface area contributed by atoms with Gasteiger partial charge < -0.3 is 15.7 Å². The van der Waals surface area contributed by atoms with Crippen LogP contribution in [-0.4, -0.2) is 52.4 Å². The van der Waals surface area contributed by atoms with E-state index in [1.807, 2.05) is 0 Å². The van der Waals surface area contributed by atoms with Crippen LogP contribution >= 0.6 is 11.8 Å². The molecule has 2 heterocycles. The second-order valence-corrected chi connectivity index (χ2v) is 4.64. The highest BCUT2D eigenvalue weighted by Crippen LogP contribution is 2.38. The summed E-state index contributed by atoms with van der Waals surface area (Å²) < 4.78 is 0. The van der Waals surface area contributed by atoms with Gasteiger partial charge in [0.2, 0.25) is 5.91 Å². The van der Waals surface area contributed by atoms with Crippen LogP contribution in [0.5, 0.6) is 0 Å². The molecule has 0 aromatic carbocycles. The van der Waals surface area contributed by atoms with Crippen molar-refractivity contribution < 1.29 is 19.5 Å². The molecule has 0 bridgehead atoms. The van der Waals surface area contributed by atoms with Crippen LogP contribution < -0.4 is 5.73 Å². The maximum absolute atomic E-state index is 11.5. The van der Waals surface area contributed by atoms with E-state index in [1.54, 1.807) is 0 Å². The largest absolute Gasteiger partial charge is 0.477 e. The summed E-state index contributed by atoms with van der Waals surface area (Å²) in [5, 5.41) is 12.4. The fourth-order valence-electron chi connectivity index (χ4n) is 1.76. The molecule has 8 heteroatoms. The molecule has 0 aliphatic carbocycles. The zero-order valence-electron chi connectivity index (χ0n) is 8.99. The maximum atomic E-state index is 11.5. The summed E-state index contributed by atoms with van der Waals surface area (Å²) in [6.45, 7) is 0. The van der Waals surface area contributed by atoms with Crippen LogP contribution in [0.3, 0.4) is 0 Å². The van der Waals surface area contributed by atoms with Gasteiger partial charge in [0.25, 0.3) is 0 Å². The molecule has 2 aliphatic heterocycles. The van der Waals surface area contributed by atoms with E-state index in [-0.39, 0.29) is 17.0 Å². The number of oxime groups is 1. The second kappa shape index (κ2) is 4.38. The molecule has 0 saturated carbocycles. The number of aliphatic carboxylic acids is 1. The molecule has 1 unspecified atom stereocenters. The maximum Gasteiger partial charge on any atom is 0.353 e. The molecule has 0 spiro atoms. The third kappa shape index (κ3) is 1.79. The fraction of sp³-hybridized carbons (Fsp3) is 0.444. The van der Waals surface area contributed by atoms with Gasteiger partial charge in [-0.1, -0.05) is 5.16 Å². The van der Waals surface area contributed by atoms with Crippen molar-refractivity contribution >= 4 is 29.9 Å². The Morgan fingerprint density at radius 3 is 3.06 bits per heavy atom. The second-order valence-electron chi connectivity index (χ2n) is 3.53. The number of thioether (sulfide) groups is 1. The molecule has 0 aromatic heterocycles. The van der Waals surface area contributed by atoms with Crippen molar-refractivity contribution in [2.45, 2.75) is 11.4 Å².